The molecule has 0 aliphatic heterocycles. The topological polar surface area (TPSA) is 89.9 Å². The van der Waals surface area contributed by atoms with Crippen LogP contribution in [-0.2, 0) is 22.6 Å². The van der Waals surface area contributed by atoms with Gasteiger partial charge in [-0.05, 0) is 24.1 Å². The zero-order valence-electron chi connectivity index (χ0n) is 14.5. The number of carbonyl (C=O) groups is 2. The number of rotatable bonds is 8. The van der Waals surface area contributed by atoms with Gasteiger partial charge in [0.25, 0.3) is 5.91 Å². The predicted octanol–water partition coefficient (Wildman–Crippen LogP) is 1.92. The molecule has 134 valence electrons. The predicted molar refractivity (Wildman–Crippen MR) is 97.9 cm³/mol. The summed E-state index contributed by atoms with van der Waals surface area (Å²) in [5.41, 5.74) is 7.48. The Balaban J connectivity index is 2.04. The van der Waals surface area contributed by atoms with Crippen molar-refractivity contribution in [3.63, 3.8) is 0 Å². The third-order valence-electron chi connectivity index (χ3n) is 3.96. The monoisotopic (exact) mass is 352 g/mol. The van der Waals surface area contributed by atoms with E-state index in [-0.39, 0.29) is 6.61 Å². The summed E-state index contributed by atoms with van der Waals surface area (Å²) in [5.74, 6) is 0.566. The van der Waals surface area contributed by atoms with Crippen LogP contribution in [0.3, 0.4) is 0 Å². The van der Waals surface area contributed by atoms with Crippen molar-refractivity contribution in [2.24, 2.45) is 5.73 Å². The molecular formula is C19H20N4O3. The summed E-state index contributed by atoms with van der Waals surface area (Å²) >= 11 is 0. The number of benzene rings is 1. The molecule has 0 atom stereocenters. The van der Waals surface area contributed by atoms with Gasteiger partial charge in [-0.2, -0.15) is 0 Å². The molecule has 0 radical (unpaired) electrons. The second kappa shape index (κ2) is 7.69. The Hall–Kier alpha value is -3.35. The van der Waals surface area contributed by atoms with E-state index in [0.717, 1.165) is 17.7 Å². The first-order valence-electron chi connectivity index (χ1n) is 8.31. The Morgan fingerprint density at radius 2 is 2.04 bits per heavy atom. The first-order chi connectivity index (χ1) is 12.6. The summed E-state index contributed by atoms with van der Waals surface area (Å²) in [7, 11) is 0. The summed E-state index contributed by atoms with van der Waals surface area (Å²) in [6.07, 6.45) is 3.26. The van der Waals surface area contributed by atoms with Crippen LogP contribution < -0.4 is 15.4 Å². The van der Waals surface area contributed by atoms with Crippen molar-refractivity contribution in [1.29, 1.82) is 0 Å². The molecule has 0 spiro atoms. The maximum atomic E-state index is 11.8. The second-order valence-corrected chi connectivity index (χ2v) is 5.78. The van der Waals surface area contributed by atoms with Gasteiger partial charge in [-0.3, -0.25) is 18.9 Å². The van der Waals surface area contributed by atoms with Crippen LogP contribution in [0, 0.1) is 0 Å². The molecular weight excluding hydrogens is 332 g/mol. The van der Waals surface area contributed by atoms with Gasteiger partial charge in [0.1, 0.15) is 5.82 Å². The van der Waals surface area contributed by atoms with Crippen LogP contribution in [0.15, 0.2) is 48.7 Å². The summed E-state index contributed by atoms with van der Waals surface area (Å²) in [6.45, 7) is 2.17. The van der Waals surface area contributed by atoms with Gasteiger partial charge >= 0.3 is 0 Å². The molecule has 2 aromatic heterocycles. The van der Waals surface area contributed by atoms with Crippen LogP contribution in [0.2, 0.25) is 0 Å². The largest absolute Gasteiger partial charge is 0.480 e. The number of hydrogen-bond acceptors (Lipinski definition) is 4. The van der Waals surface area contributed by atoms with Gasteiger partial charge in [0.15, 0.2) is 18.0 Å². The van der Waals surface area contributed by atoms with Gasteiger partial charge in [-0.25, -0.2) is 4.98 Å². The molecule has 3 aromatic rings. The van der Waals surface area contributed by atoms with Crippen LogP contribution in [0.4, 0.5) is 5.82 Å². The first kappa shape index (κ1) is 17.5. The van der Waals surface area contributed by atoms with E-state index in [4.69, 9.17) is 10.5 Å². The van der Waals surface area contributed by atoms with Gasteiger partial charge in [0, 0.05) is 6.20 Å². The van der Waals surface area contributed by atoms with Gasteiger partial charge in [0.05, 0.1) is 12.2 Å². The fourth-order valence-corrected chi connectivity index (χ4v) is 2.82. The highest BCUT2D eigenvalue weighted by Gasteiger charge is 2.20. The molecule has 2 heterocycles. The van der Waals surface area contributed by atoms with Gasteiger partial charge in [-0.15, -0.1) is 0 Å². The number of carbonyl (C=O) groups excluding carboxylic acids is 2. The fourth-order valence-electron chi connectivity index (χ4n) is 2.82. The molecule has 0 aliphatic rings. The van der Waals surface area contributed by atoms with Crippen molar-refractivity contribution < 1.29 is 14.3 Å². The van der Waals surface area contributed by atoms with Crippen LogP contribution >= 0.6 is 0 Å². The lowest BCUT2D eigenvalue weighted by Gasteiger charge is -2.18. The molecule has 0 fully saturated rings. The number of anilines is 1. The average Bonchev–Trinajstić information content (AvgIpc) is 3.04. The number of aryl methyl sites for hydroxylation is 1. The Labute approximate surface area is 151 Å². The molecule has 0 saturated heterocycles. The van der Waals surface area contributed by atoms with E-state index >= 15 is 0 Å². The average molecular weight is 352 g/mol. The smallest absolute Gasteiger partial charge is 0.255 e. The minimum Gasteiger partial charge on any atom is -0.480 e. The lowest BCUT2D eigenvalue weighted by molar-refractivity contribution is -0.119. The number of nitrogens with two attached hydrogens (primary N) is 1. The Morgan fingerprint density at radius 1 is 1.27 bits per heavy atom. The molecule has 0 aliphatic carbocycles. The van der Waals surface area contributed by atoms with E-state index < -0.39 is 5.91 Å². The van der Waals surface area contributed by atoms with Gasteiger partial charge < -0.3 is 10.5 Å². The van der Waals surface area contributed by atoms with E-state index in [2.05, 4.69) is 4.98 Å². The van der Waals surface area contributed by atoms with Crippen molar-refractivity contribution in [3.05, 3.63) is 59.9 Å². The molecule has 2 amide bonds. The molecule has 7 nitrogen and oxygen atoms in total. The number of fused-ring (bicyclic) bond motifs is 1. The molecule has 0 saturated carbocycles. The van der Waals surface area contributed by atoms with Crippen LogP contribution in [-0.4, -0.2) is 28.3 Å². The lowest BCUT2D eigenvalue weighted by atomic mass is 10.2. The van der Waals surface area contributed by atoms with E-state index in [1.807, 2.05) is 43.5 Å². The van der Waals surface area contributed by atoms with Crippen molar-refractivity contribution in [2.45, 2.75) is 19.9 Å². The summed E-state index contributed by atoms with van der Waals surface area (Å²) < 4.78 is 7.26. The van der Waals surface area contributed by atoms with E-state index in [0.29, 0.717) is 30.2 Å². The number of hydrogen-bond donors (Lipinski definition) is 1. The highest BCUT2D eigenvalue weighted by Crippen LogP contribution is 2.28. The van der Waals surface area contributed by atoms with Crippen molar-refractivity contribution >= 4 is 23.8 Å². The van der Waals surface area contributed by atoms with Crippen LogP contribution in [0.1, 0.15) is 18.2 Å². The third-order valence-corrected chi connectivity index (χ3v) is 3.96. The summed E-state index contributed by atoms with van der Waals surface area (Å²) in [5, 5.41) is 0. The van der Waals surface area contributed by atoms with Crippen molar-refractivity contribution in [3.8, 4) is 5.75 Å². The molecule has 1 aromatic carbocycles. The Kier molecular flexibility index (Phi) is 5.17. The highest BCUT2D eigenvalue weighted by atomic mass is 16.5. The number of primary amides is 1. The number of amides is 2. The summed E-state index contributed by atoms with van der Waals surface area (Å²) in [4.78, 5) is 29.0. The van der Waals surface area contributed by atoms with E-state index in [1.165, 1.54) is 0 Å². The SMILES string of the molecule is CCc1nc2c(OCC(N)=O)cccn2c1N(C=O)Cc1ccccc1. The van der Waals surface area contributed by atoms with Crippen molar-refractivity contribution in [2.75, 3.05) is 11.5 Å². The molecule has 3 rings (SSSR count). The molecule has 2 N–H and O–H groups in total. The number of aromatic nitrogens is 2. The molecule has 7 heteroatoms. The maximum Gasteiger partial charge on any atom is 0.255 e. The third kappa shape index (κ3) is 3.51. The second-order valence-electron chi connectivity index (χ2n) is 5.78. The zero-order chi connectivity index (χ0) is 18.5. The number of ether oxygens (including phenoxy) is 1. The van der Waals surface area contributed by atoms with Gasteiger partial charge in [-0.1, -0.05) is 37.3 Å². The van der Waals surface area contributed by atoms with E-state index in [9.17, 15) is 9.59 Å². The normalized spacial score (nSPS) is 10.7. The minimum atomic E-state index is -0.562. The van der Waals surface area contributed by atoms with Crippen molar-refractivity contribution in [1.82, 2.24) is 9.38 Å². The highest BCUT2D eigenvalue weighted by molar-refractivity contribution is 5.78. The Bertz CT molecular complexity index is 921. The molecule has 0 unspecified atom stereocenters. The fraction of sp³-hybridized carbons (Fsp3) is 0.211. The number of imidazole rings is 1. The maximum absolute atomic E-state index is 11.8. The van der Waals surface area contributed by atoms with Crippen LogP contribution in [0.5, 0.6) is 5.75 Å². The standard InChI is InChI=1S/C19H20N4O3/c1-2-15-19(22(13-24)11-14-7-4-3-5-8-14)23-10-6-9-16(18(23)21-15)26-12-17(20)25/h3-10,13H,2,11-12H2,1H3,(H2,20,25). The zero-order valence-corrected chi connectivity index (χ0v) is 14.5. The minimum absolute atomic E-state index is 0.231. The number of pyridine rings is 1. The summed E-state index contributed by atoms with van der Waals surface area (Å²) in [6, 6.07) is 13.2. The Morgan fingerprint density at radius 3 is 2.69 bits per heavy atom. The van der Waals surface area contributed by atoms with Crippen LogP contribution in [0.25, 0.3) is 5.65 Å². The molecule has 0 bridgehead atoms. The first-order valence-corrected chi connectivity index (χ1v) is 8.31. The molecule has 26 heavy (non-hydrogen) atoms. The lowest BCUT2D eigenvalue weighted by Crippen LogP contribution is -2.23. The quantitative estimate of drug-likeness (QED) is 0.627. The van der Waals surface area contributed by atoms with E-state index in [1.54, 1.807) is 21.4 Å². The van der Waals surface area contributed by atoms with Gasteiger partial charge in [0.2, 0.25) is 6.41 Å². The number of nitrogens with zero attached hydrogens (tertiary/aromatic N) is 3.